The maximum absolute atomic E-state index is 13.1. The number of hydrogen-bond acceptors (Lipinski definition) is 2. The van der Waals surface area contributed by atoms with Crippen LogP contribution in [0.15, 0.2) is 18.2 Å². The zero-order valence-electron chi connectivity index (χ0n) is 10.2. The lowest BCUT2D eigenvalue weighted by Gasteiger charge is -2.18. The predicted octanol–water partition coefficient (Wildman–Crippen LogP) is 3.41. The maximum atomic E-state index is 13.1. The van der Waals surface area contributed by atoms with E-state index >= 15 is 0 Å². The summed E-state index contributed by atoms with van der Waals surface area (Å²) in [5, 5.41) is 0. The van der Waals surface area contributed by atoms with Gasteiger partial charge in [0.15, 0.2) is 0 Å². The fraction of sp³-hybridized carbons (Fsp3) is 0.538. The molecule has 0 aliphatic rings. The highest BCUT2D eigenvalue weighted by Crippen LogP contribution is 2.26. The summed E-state index contributed by atoms with van der Waals surface area (Å²) in [4.78, 5) is 0. The molecule has 0 aliphatic heterocycles. The summed E-state index contributed by atoms with van der Waals surface area (Å²) >= 11 is 0. The number of halogens is 1. The van der Waals surface area contributed by atoms with Crippen molar-refractivity contribution >= 4 is 0 Å². The molecule has 1 rings (SSSR count). The van der Waals surface area contributed by atoms with Crippen molar-refractivity contribution in [2.24, 2.45) is 5.73 Å². The average molecular weight is 225 g/mol. The Labute approximate surface area is 96.6 Å². The molecule has 0 saturated heterocycles. The third-order valence-corrected chi connectivity index (χ3v) is 2.49. The second kappa shape index (κ2) is 5.85. The van der Waals surface area contributed by atoms with Crippen LogP contribution in [0, 0.1) is 5.82 Å². The van der Waals surface area contributed by atoms with Crippen LogP contribution in [-0.4, -0.2) is 6.10 Å². The monoisotopic (exact) mass is 225 g/mol. The number of benzene rings is 1. The van der Waals surface area contributed by atoms with Gasteiger partial charge in [0.05, 0.1) is 6.10 Å². The lowest BCUT2D eigenvalue weighted by Crippen LogP contribution is -2.15. The van der Waals surface area contributed by atoms with E-state index in [1.807, 2.05) is 13.8 Å². The summed E-state index contributed by atoms with van der Waals surface area (Å²) in [5.74, 6) is 0.417. The van der Waals surface area contributed by atoms with E-state index in [9.17, 15) is 4.39 Å². The first-order chi connectivity index (χ1) is 7.54. The van der Waals surface area contributed by atoms with Crippen LogP contribution < -0.4 is 10.5 Å². The Morgan fingerprint density at radius 1 is 1.38 bits per heavy atom. The van der Waals surface area contributed by atoms with Crippen LogP contribution in [-0.2, 0) is 0 Å². The van der Waals surface area contributed by atoms with Gasteiger partial charge < -0.3 is 10.5 Å². The van der Waals surface area contributed by atoms with Crippen molar-refractivity contribution in [3.63, 3.8) is 0 Å². The van der Waals surface area contributed by atoms with Gasteiger partial charge in [0, 0.05) is 11.6 Å². The van der Waals surface area contributed by atoms with E-state index in [4.69, 9.17) is 10.5 Å². The van der Waals surface area contributed by atoms with Gasteiger partial charge in [-0.3, -0.25) is 0 Å². The highest BCUT2D eigenvalue weighted by molar-refractivity contribution is 5.36. The number of rotatable bonds is 5. The van der Waals surface area contributed by atoms with Crippen molar-refractivity contribution in [2.45, 2.75) is 45.8 Å². The van der Waals surface area contributed by atoms with Gasteiger partial charge in [-0.05, 0) is 38.5 Å². The highest BCUT2D eigenvalue weighted by Gasteiger charge is 2.11. The average Bonchev–Trinajstić information content (AvgIpc) is 2.20. The molecule has 0 amide bonds. The zero-order chi connectivity index (χ0) is 12.1. The molecule has 1 aromatic carbocycles. The lowest BCUT2D eigenvalue weighted by molar-refractivity contribution is 0.207. The van der Waals surface area contributed by atoms with E-state index in [1.54, 1.807) is 6.07 Å². The molecule has 90 valence electrons. The third-order valence-electron chi connectivity index (χ3n) is 2.49. The van der Waals surface area contributed by atoms with Crippen molar-refractivity contribution in [1.29, 1.82) is 0 Å². The molecular weight excluding hydrogens is 205 g/mol. The molecule has 0 radical (unpaired) electrons. The van der Waals surface area contributed by atoms with E-state index in [1.165, 1.54) is 12.1 Å². The van der Waals surface area contributed by atoms with Crippen LogP contribution in [0.25, 0.3) is 0 Å². The third kappa shape index (κ3) is 3.49. The first-order valence-corrected chi connectivity index (χ1v) is 5.76. The quantitative estimate of drug-likeness (QED) is 0.833. The normalized spacial score (nSPS) is 14.6. The first kappa shape index (κ1) is 13.0. The van der Waals surface area contributed by atoms with Crippen LogP contribution in [0.2, 0.25) is 0 Å². The molecule has 1 aromatic rings. The smallest absolute Gasteiger partial charge is 0.124 e. The fourth-order valence-electron chi connectivity index (χ4n) is 1.66. The van der Waals surface area contributed by atoms with Gasteiger partial charge in [0.25, 0.3) is 0 Å². The van der Waals surface area contributed by atoms with E-state index in [0.29, 0.717) is 5.75 Å². The molecule has 2 atom stereocenters. The van der Waals surface area contributed by atoms with Gasteiger partial charge in [-0.1, -0.05) is 13.3 Å². The molecule has 2 N–H and O–H groups in total. The molecule has 2 nitrogen and oxygen atoms in total. The molecule has 3 heteroatoms. The number of nitrogens with two attached hydrogens (primary N) is 1. The molecule has 0 aliphatic carbocycles. The van der Waals surface area contributed by atoms with Crippen LogP contribution in [0.5, 0.6) is 5.75 Å². The Kier molecular flexibility index (Phi) is 4.74. The van der Waals surface area contributed by atoms with E-state index in [0.717, 1.165) is 18.4 Å². The lowest BCUT2D eigenvalue weighted by atomic mass is 10.1. The van der Waals surface area contributed by atoms with Crippen molar-refractivity contribution in [2.75, 3.05) is 0 Å². The maximum Gasteiger partial charge on any atom is 0.124 e. The Bertz CT molecular complexity index is 339. The summed E-state index contributed by atoms with van der Waals surface area (Å²) in [6.45, 7) is 5.95. The second-order valence-electron chi connectivity index (χ2n) is 4.19. The zero-order valence-corrected chi connectivity index (χ0v) is 10.2. The van der Waals surface area contributed by atoms with Gasteiger partial charge >= 0.3 is 0 Å². The van der Waals surface area contributed by atoms with E-state index in [2.05, 4.69) is 6.92 Å². The Hall–Kier alpha value is -1.09. The van der Waals surface area contributed by atoms with Crippen molar-refractivity contribution in [1.82, 2.24) is 0 Å². The first-order valence-electron chi connectivity index (χ1n) is 5.76. The van der Waals surface area contributed by atoms with Crippen molar-refractivity contribution in [3.05, 3.63) is 29.6 Å². The molecule has 2 unspecified atom stereocenters. The van der Waals surface area contributed by atoms with Gasteiger partial charge in [0.1, 0.15) is 11.6 Å². The minimum Gasteiger partial charge on any atom is -0.490 e. The standard InChI is InChI=1S/C13H20FNO/c1-4-5-9(2)16-13-7-6-11(14)8-12(13)10(3)15/h6-10H,4-5,15H2,1-3H3. The molecule has 0 bridgehead atoms. The second-order valence-corrected chi connectivity index (χ2v) is 4.19. The van der Waals surface area contributed by atoms with Crippen LogP contribution in [0.4, 0.5) is 4.39 Å². The molecule has 0 spiro atoms. The van der Waals surface area contributed by atoms with Gasteiger partial charge in [-0.25, -0.2) is 4.39 Å². The summed E-state index contributed by atoms with van der Waals surface area (Å²) in [6, 6.07) is 4.28. The Balaban J connectivity index is 2.86. The summed E-state index contributed by atoms with van der Waals surface area (Å²) in [6.07, 6.45) is 2.18. The molecule has 0 saturated carbocycles. The minimum absolute atomic E-state index is 0.132. The summed E-state index contributed by atoms with van der Waals surface area (Å²) in [7, 11) is 0. The van der Waals surface area contributed by atoms with E-state index in [-0.39, 0.29) is 18.0 Å². The molecular formula is C13H20FNO. The van der Waals surface area contributed by atoms with Gasteiger partial charge in [0.2, 0.25) is 0 Å². The molecule has 0 heterocycles. The fourth-order valence-corrected chi connectivity index (χ4v) is 1.66. The largest absolute Gasteiger partial charge is 0.490 e. The SMILES string of the molecule is CCCC(C)Oc1ccc(F)cc1C(C)N. The van der Waals surface area contributed by atoms with Crippen molar-refractivity contribution in [3.8, 4) is 5.75 Å². The minimum atomic E-state index is -0.275. The molecule has 16 heavy (non-hydrogen) atoms. The van der Waals surface area contributed by atoms with Crippen LogP contribution in [0.1, 0.15) is 45.2 Å². The number of ether oxygens (including phenoxy) is 1. The Morgan fingerprint density at radius 2 is 2.06 bits per heavy atom. The van der Waals surface area contributed by atoms with Crippen molar-refractivity contribution < 1.29 is 9.13 Å². The highest BCUT2D eigenvalue weighted by atomic mass is 19.1. The van der Waals surface area contributed by atoms with Crippen LogP contribution in [0.3, 0.4) is 0 Å². The van der Waals surface area contributed by atoms with Gasteiger partial charge in [-0.2, -0.15) is 0 Å². The topological polar surface area (TPSA) is 35.2 Å². The predicted molar refractivity (Wildman–Crippen MR) is 64.0 cm³/mol. The van der Waals surface area contributed by atoms with E-state index < -0.39 is 0 Å². The number of hydrogen-bond donors (Lipinski definition) is 1. The Morgan fingerprint density at radius 3 is 2.62 bits per heavy atom. The molecule has 0 fully saturated rings. The summed E-state index contributed by atoms with van der Waals surface area (Å²) < 4.78 is 18.8. The van der Waals surface area contributed by atoms with Gasteiger partial charge in [-0.15, -0.1) is 0 Å². The van der Waals surface area contributed by atoms with Crippen LogP contribution >= 0.6 is 0 Å². The summed E-state index contributed by atoms with van der Waals surface area (Å²) in [5.41, 5.74) is 6.51. The molecule has 0 aromatic heterocycles.